The predicted octanol–water partition coefficient (Wildman–Crippen LogP) is 4.94. The van der Waals surface area contributed by atoms with Crippen molar-refractivity contribution in [3.8, 4) is 5.75 Å². The number of aliphatic carboxylic acids is 1. The standard InChI is InChI=1S/C27H31F2N3O4S/c1-36-19-5-6-23-20(14-19)26(22(29)15-31-23)24(33)7-4-17-8-10-32(16-18(17)13-25(34)35)11-12-37-27-21(28)3-2-9-30-27/h2-3,5-6,9,14-15,17-18,24,33H,4,7-8,10-13,16H2,1H3,(H,34,35)/t17-,18-,24+/m1/s1. The third kappa shape index (κ3) is 6.94. The number of nitrogens with zero attached hydrogens (tertiary/aromatic N) is 3. The Balaban J connectivity index is 1.38. The second-order valence-corrected chi connectivity index (χ2v) is 10.4. The smallest absolute Gasteiger partial charge is 0.303 e. The van der Waals surface area contributed by atoms with Gasteiger partial charge in [-0.25, -0.2) is 13.8 Å². The maximum absolute atomic E-state index is 14.8. The molecule has 3 aromatic rings. The molecule has 198 valence electrons. The number of methoxy groups -OCH3 is 1. The molecule has 0 bridgehead atoms. The molecule has 1 fully saturated rings. The lowest BCUT2D eigenvalue weighted by molar-refractivity contribution is -0.139. The van der Waals surface area contributed by atoms with Gasteiger partial charge in [-0.3, -0.25) is 9.78 Å². The average Bonchev–Trinajstić information content (AvgIpc) is 2.88. The van der Waals surface area contributed by atoms with E-state index >= 15 is 0 Å². The molecular weight excluding hydrogens is 500 g/mol. The van der Waals surface area contributed by atoms with Crippen molar-refractivity contribution in [2.75, 3.05) is 32.5 Å². The van der Waals surface area contributed by atoms with Gasteiger partial charge in [0.2, 0.25) is 0 Å². The zero-order chi connectivity index (χ0) is 26.4. The third-order valence-corrected chi connectivity index (χ3v) is 7.96. The van der Waals surface area contributed by atoms with Crippen molar-refractivity contribution in [2.45, 2.75) is 36.8 Å². The van der Waals surface area contributed by atoms with Crippen LogP contribution >= 0.6 is 11.8 Å². The van der Waals surface area contributed by atoms with E-state index < -0.39 is 17.9 Å². The van der Waals surface area contributed by atoms with Crippen LogP contribution in [0.1, 0.15) is 37.4 Å². The highest BCUT2D eigenvalue weighted by atomic mass is 32.2. The number of carboxylic acid groups (broad SMARTS) is 1. The predicted molar refractivity (Wildman–Crippen MR) is 138 cm³/mol. The van der Waals surface area contributed by atoms with Crippen molar-refractivity contribution in [3.63, 3.8) is 0 Å². The summed E-state index contributed by atoms with van der Waals surface area (Å²) in [6, 6.07) is 8.07. The molecule has 3 heterocycles. The first-order valence-electron chi connectivity index (χ1n) is 12.3. The number of ether oxygens (including phenoxy) is 1. The fourth-order valence-electron chi connectivity index (χ4n) is 5.09. The topological polar surface area (TPSA) is 95.8 Å². The molecule has 7 nitrogen and oxygen atoms in total. The summed E-state index contributed by atoms with van der Waals surface area (Å²) in [5.41, 5.74) is 0.756. The normalized spacial score (nSPS) is 19.1. The van der Waals surface area contributed by atoms with Gasteiger partial charge in [-0.2, -0.15) is 0 Å². The van der Waals surface area contributed by atoms with Crippen LogP contribution in [0.15, 0.2) is 47.8 Å². The zero-order valence-electron chi connectivity index (χ0n) is 20.6. The molecule has 2 N–H and O–H groups in total. The second kappa shape index (κ2) is 12.6. The number of rotatable bonds is 11. The van der Waals surface area contributed by atoms with E-state index in [2.05, 4.69) is 14.9 Å². The molecule has 0 aliphatic carbocycles. The monoisotopic (exact) mass is 531 g/mol. The maximum atomic E-state index is 14.8. The average molecular weight is 532 g/mol. The van der Waals surface area contributed by atoms with E-state index in [1.807, 2.05) is 0 Å². The van der Waals surface area contributed by atoms with E-state index in [0.29, 0.717) is 53.4 Å². The molecule has 1 aliphatic heterocycles. The van der Waals surface area contributed by atoms with Gasteiger partial charge in [0.1, 0.15) is 16.6 Å². The van der Waals surface area contributed by atoms with Crippen molar-refractivity contribution in [1.29, 1.82) is 0 Å². The van der Waals surface area contributed by atoms with Crippen LogP contribution in [0.2, 0.25) is 0 Å². The number of hydrogen-bond acceptors (Lipinski definition) is 7. The summed E-state index contributed by atoms with van der Waals surface area (Å²) in [5.74, 6) is -0.582. The molecule has 1 aromatic carbocycles. The minimum absolute atomic E-state index is 0.0308. The number of carboxylic acids is 1. The van der Waals surface area contributed by atoms with Gasteiger partial charge in [-0.1, -0.05) is 0 Å². The van der Waals surface area contributed by atoms with Crippen LogP contribution in [0.5, 0.6) is 5.75 Å². The van der Waals surface area contributed by atoms with E-state index in [-0.39, 0.29) is 29.6 Å². The molecule has 1 saturated heterocycles. The first-order valence-corrected chi connectivity index (χ1v) is 13.3. The van der Waals surface area contributed by atoms with E-state index in [1.54, 1.807) is 30.5 Å². The molecule has 0 saturated carbocycles. The summed E-state index contributed by atoms with van der Waals surface area (Å²) in [7, 11) is 1.52. The number of pyridine rings is 2. The van der Waals surface area contributed by atoms with Crippen LogP contribution in [0.3, 0.4) is 0 Å². The van der Waals surface area contributed by atoms with Crippen molar-refractivity contribution in [3.05, 3.63) is 59.9 Å². The second-order valence-electron chi connectivity index (χ2n) is 9.34. The summed E-state index contributed by atoms with van der Waals surface area (Å²) in [6.07, 6.45) is 3.32. The minimum Gasteiger partial charge on any atom is -0.497 e. The van der Waals surface area contributed by atoms with Gasteiger partial charge >= 0.3 is 5.97 Å². The lowest BCUT2D eigenvalue weighted by atomic mass is 9.79. The highest BCUT2D eigenvalue weighted by molar-refractivity contribution is 7.99. The highest BCUT2D eigenvalue weighted by Gasteiger charge is 2.31. The lowest BCUT2D eigenvalue weighted by Crippen LogP contribution is -2.42. The molecule has 0 unspecified atom stereocenters. The van der Waals surface area contributed by atoms with Crippen LogP contribution in [0.4, 0.5) is 8.78 Å². The summed E-state index contributed by atoms with van der Waals surface area (Å²) >= 11 is 1.35. The zero-order valence-corrected chi connectivity index (χ0v) is 21.5. The molecule has 3 atom stereocenters. The Labute approximate surface area is 218 Å². The largest absolute Gasteiger partial charge is 0.497 e. The number of likely N-dealkylation sites (tertiary alicyclic amines) is 1. The first kappa shape index (κ1) is 27.2. The number of thioether (sulfide) groups is 1. The Morgan fingerprint density at radius 1 is 1.24 bits per heavy atom. The molecular formula is C27H31F2N3O4S. The fraction of sp³-hybridized carbons (Fsp3) is 0.444. The number of aromatic nitrogens is 2. The molecule has 37 heavy (non-hydrogen) atoms. The highest BCUT2D eigenvalue weighted by Crippen LogP contribution is 2.36. The van der Waals surface area contributed by atoms with Gasteiger partial charge in [-0.05, 0) is 68.0 Å². The number of aliphatic hydroxyl groups excluding tert-OH is 1. The van der Waals surface area contributed by atoms with Crippen LogP contribution in [0, 0.1) is 23.5 Å². The molecule has 4 rings (SSSR count). The molecule has 0 spiro atoms. The molecule has 10 heteroatoms. The SMILES string of the molecule is COc1ccc2ncc(F)c([C@@H](O)CC[C@@H]3CCN(CCSc4ncccc4F)C[C@H]3CC(=O)O)c2c1. The number of benzene rings is 1. The van der Waals surface area contributed by atoms with E-state index in [9.17, 15) is 23.8 Å². The number of halogens is 2. The Morgan fingerprint density at radius 2 is 2.08 bits per heavy atom. The summed E-state index contributed by atoms with van der Waals surface area (Å²) in [6.45, 7) is 2.09. The van der Waals surface area contributed by atoms with Gasteiger partial charge in [0, 0.05) is 42.4 Å². The van der Waals surface area contributed by atoms with Gasteiger partial charge in [0.15, 0.2) is 5.82 Å². The third-order valence-electron chi connectivity index (χ3n) is 7.00. The van der Waals surface area contributed by atoms with E-state index in [0.717, 1.165) is 19.2 Å². The van der Waals surface area contributed by atoms with Crippen LogP contribution < -0.4 is 4.74 Å². The Morgan fingerprint density at radius 3 is 2.84 bits per heavy atom. The minimum atomic E-state index is -1.05. The fourth-order valence-corrected chi connectivity index (χ4v) is 5.98. The maximum Gasteiger partial charge on any atom is 0.303 e. The Bertz CT molecular complexity index is 1230. The van der Waals surface area contributed by atoms with Gasteiger partial charge in [0.05, 0.1) is 24.9 Å². The van der Waals surface area contributed by atoms with E-state index in [1.165, 1.54) is 24.9 Å². The van der Waals surface area contributed by atoms with Crippen LogP contribution in [-0.4, -0.2) is 63.5 Å². The van der Waals surface area contributed by atoms with Gasteiger partial charge < -0.3 is 19.8 Å². The summed E-state index contributed by atoms with van der Waals surface area (Å²) in [5, 5.41) is 21.3. The van der Waals surface area contributed by atoms with Crippen molar-refractivity contribution < 1.29 is 28.5 Å². The van der Waals surface area contributed by atoms with Crippen LogP contribution in [0.25, 0.3) is 10.9 Å². The van der Waals surface area contributed by atoms with Crippen molar-refractivity contribution >= 4 is 28.6 Å². The summed E-state index contributed by atoms with van der Waals surface area (Å²) < 4.78 is 33.8. The Hall–Kier alpha value is -2.82. The van der Waals surface area contributed by atoms with Crippen LogP contribution in [-0.2, 0) is 4.79 Å². The number of aliphatic hydroxyl groups is 1. The van der Waals surface area contributed by atoms with Crippen molar-refractivity contribution in [1.82, 2.24) is 14.9 Å². The number of carbonyl (C=O) groups is 1. The molecule has 0 amide bonds. The van der Waals surface area contributed by atoms with E-state index in [4.69, 9.17) is 4.74 Å². The summed E-state index contributed by atoms with van der Waals surface area (Å²) in [4.78, 5) is 22.0. The molecule has 1 aliphatic rings. The quantitative estimate of drug-likeness (QED) is 0.336. The number of piperidine rings is 1. The lowest BCUT2D eigenvalue weighted by Gasteiger charge is -2.38. The van der Waals surface area contributed by atoms with Gasteiger partial charge in [-0.15, -0.1) is 11.8 Å². The number of hydrogen-bond donors (Lipinski definition) is 2. The Kier molecular flexibility index (Phi) is 9.28. The first-order chi connectivity index (χ1) is 17.9. The number of fused-ring (bicyclic) bond motifs is 1. The molecule has 0 radical (unpaired) electrons. The van der Waals surface area contributed by atoms with Gasteiger partial charge in [0.25, 0.3) is 0 Å². The molecule has 2 aromatic heterocycles. The van der Waals surface area contributed by atoms with Crippen molar-refractivity contribution in [2.24, 2.45) is 11.8 Å².